The molecule has 2 heterocycles. The Labute approximate surface area is 109 Å². The molecule has 2 atom stereocenters. The van der Waals surface area contributed by atoms with Gasteiger partial charge in [-0.1, -0.05) is 6.07 Å². The van der Waals surface area contributed by atoms with Crippen LogP contribution in [-0.4, -0.2) is 40.7 Å². The van der Waals surface area contributed by atoms with Crippen LogP contribution in [0.15, 0.2) is 24.5 Å². The van der Waals surface area contributed by atoms with E-state index in [0.717, 1.165) is 19.4 Å². The number of nitrogens with two attached hydrogens (primary N) is 1. The number of likely N-dealkylation sites (tertiary alicyclic amines) is 1. The zero-order valence-corrected chi connectivity index (χ0v) is 10.8. The summed E-state index contributed by atoms with van der Waals surface area (Å²) in [6.45, 7) is 2.01. The highest BCUT2D eigenvalue weighted by Gasteiger charge is 2.30. The van der Waals surface area contributed by atoms with Crippen LogP contribution in [0.1, 0.15) is 37.3 Å². The first-order valence-corrected chi connectivity index (χ1v) is 6.83. The number of aliphatic hydroxyl groups is 1. The van der Waals surface area contributed by atoms with Crippen LogP contribution in [0.25, 0.3) is 0 Å². The molecule has 3 N–H and O–H groups in total. The lowest BCUT2D eigenvalue weighted by Gasteiger charge is -2.32. The molecular weight excluding hydrogens is 226 g/mol. The first-order chi connectivity index (χ1) is 8.86. The standard InChI is InChI=1S/C14H23N3O/c15-10-14(12-4-1-7-16-11-12)17-8-2-5-13(17)6-3-9-18/h1,4,7,11,13-14,18H,2-3,5-6,8-10,15H2. The fourth-order valence-corrected chi connectivity index (χ4v) is 2.94. The topological polar surface area (TPSA) is 62.4 Å². The Kier molecular flexibility index (Phi) is 5.11. The molecule has 0 amide bonds. The summed E-state index contributed by atoms with van der Waals surface area (Å²) in [5.74, 6) is 0. The van der Waals surface area contributed by atoms with Crippen molar-refractivity contribution in [3.8, 4) is 0 Å². The molecule has 1 aliphatic heterocycles. The van der Waals surface area contributed by atoms with E-state index in [1.807, 2.05) is 12.3 Å². The fourth-order valence-electron chi connectivity index (χ4n) is 2.94. The van der Waals surface area contributed by atoms with Crippen molar-refractivity contribution in [1.82, 2.24) is 9.88 Å². The number of aliphatic hydroxyl groups excluding tert-OH is 1. The largest absolute Gasteiger partial charge is 0.396 e. The highest BCUT2D eigenvalue weighted by atomic mass is 16.2. The molecule has 0 spiro atoms. The van der Waals surface area contributed by atoms with Crippen molar-refractivity contribution in [3.63, 3.8) is 0 Å². The third kappa shape index (κ3) is 3.07. The predicted octanol–water partition coefficient (Wildman–Crippen LogP) is 1.32. The molecule has 0 saturated carbocycles. The van der Waals surface area contributed by atoms with Gasteiger partial charge in [0.15, 0.2) is 0 Å². The van der Waals surface area contributed by atoms with Crippen molar-refractivity contribution in [1.29, 1.82) is 0 Å². The molecule has 0 aromatic carbocycles. The number of pyridine rings is 1. The van der Waals surface area contributed by atoms with Gasteiger partial charge >= 0.3 is 0 Å². The minimum Gasteiger partial charge on any atom is -0.396 e. The Bertz CT molecular complexity index is 344. The zero-order chi connectivity index (χ0) is 12.8. The molecule has 2 rings (SSSR count). The lowest BCUT2D eigenvalue weighted by Crippen LogP contribution is -2.37. The predicted molar refractivity (Wildman–Crippen MR) is 72.1 cm³/mol. The van der Waals surface area contributed by atoms with Crippen molar-refractivity contribution in [3.05, 3.63) is 30.1 Å². The first kappa shape index (κ1) is 13.5. The van der Waals surface area contributed by atoms with Crippen LogP contribution in [0.4, 0.5) is 0 Å². The summed E-state index contributed by atoms with van der Waals surface area (Å²) >= 11 is 0. The van der Waals surface area contributed by atoms with E-state index in [4.69, 9.17) is 10.8 Å². The van der Waals surface area contributed by atoms with Crippen LogP contribution in [0.3, 0.4) is 0 Å². The van der Waals surface area contributed by atoms with Gasteiger partial charge in [0.25, 0.3) is 0 Å². The fraction of sp³-hybridized carbons (Fsp3) is 0.643. The van der Waals surface area contributed by atoms with Crippen molar-refractivity contribution >= 4 is 0 Å². The number of nitrogens with zero attached hydrogens (tertiary/aromatic N) is 2. The number of aromatic nitrogens is 1. The molecule has 1 fully saturated rings. The van der Waals surface area contributed by atoms with E-state index < -0.39 is 0 Å². The van der Waals surface area contributed by atoms with Crippen LogP contribution in [0.5, 0.6) is 0 Å². The van der Waals surface area contributed by atoms with Crippen LogP contribution in [0, 0.1) is 0 Å². The van der Waals surface area contributed by atoms with Crippen LogP contribution < -0.4 is 5.73 Å². The summed E-state index contributed by atoms with van der Waals surface area (Å²) in [4.78, 5) is 6.68. The molecule has 1 aliphatic rings. The van der Waals surface area contributed by atoms with Crippen molar-refractivity contribution in [2.45, 2.75) is 37.8 Å². The summed E-state index contributed by atoms with van der Waals surface area (Å²) < 4.78 is 0. The van der Waals surface area contributed by atoms with Gasteiger partial charge in [-0.05, 0) is 43.9 Å². The number of rotatable bonds is 6. The number of hydrogen-bond acceptors (Lipinski definition) is 4. The molecule has 100 valence electrons. The lowest BCUT2D eigenvalue weighted by molar-refractivity contribution is 0.165. The van der Waals surface area contributed by atoms with Gasteiger partial charge in [0.1, 0.15) is 0 Å². The summed E-state index contributed by atoms with van der Waals surface area (Å²) in [5, 5.41) is 8.97. The highest BCUT2D eigenvalue weighted by Crippen LogP contribution is 2.30. The second kappa shape index (κ2) is 6.83. The van der Waals surface area contributed by atoms with Crippen molar-refractivity contribution in [2.75, 3.05) is 19.7 Å². The SMILES string of the molecule is NCC(c1cccnc1)N1CCCC1CCCO. The summed E-state index contributed by atoms with van der Waals surface area (Å²) in [7, 11) is 0. The molecule has 1 aromatic rings. The van der Waals surface area contributed by atoms with Gasteiger partial charge in [0.2, 0.25) is 0 Å². The minimum atomic E-state index is 0.268. The Balaban J connectivity index is 2.07. The van der Waals surface area contributed by atoms with E-state index in [2.05, 4.69) is 16.0 Å². The van der Waals surface area contributed by atoms with E-state index in [1.54, 1.807) is 6.20 Å². The van der Waals surface area contributed by atoms with Gasteiger partial charge in [-0.25, -0.2) is 0 Å². The molecule has 0 aliphatic carbocycles. The molecule has 0 bridgehead atoms. The average molecular weight is 249 g/mol. The van der Waals surface area contributed by atoms with E-state index in [-0.39, 0.29) is 12.6 Å². The van der Waals surface area contributed by atoms with E-state index in [9.17, 15) is 0 Å². The highest BCUT2D eigenvalue weighted by molar-refractivity contribution is 5.15. The molecular formula is C14H23N3O. The molecule has 18 heavy (non-hydrogen) atoms. The van der Waals surface area contributed by atoms with Gasteiger partial charge < -0.3 is 10.8 Å². The normalized spacial score (nSPS) is 22.2. The van der Waals surface area contributed by atoms with Crippen LogP contribution in [-0.2, 0) is 0 Å². The molecule has 2 unspecified atom stereocenters. The molecule has 4 heteroatoms. The van der Waals surface area contributed by atoms with E-state index in [0.29, 0.717) is 12.6 Å². The molecule has 4 nitrogen and oxygen atoms in total. The van der Waals surface area contributed by atoms with Crippen molar-refractivity contribution in [2.24, 2.45) is 5.73 Å². The number of hydrogen-bond donors (Lipinski definition) is 2. The van der Waals surface area contributed by atoms with Gasteiger partial charge in [0.05, 0.1) is 0 Å². The maximum Gasteiger partial charge on any atom is 0.0488 e. The van der Waals surface area contributed by atoms with E-state index in [1.165, 1.54) is 18.4 Å². The molecule has 1 saturated heterocycles. The smallest absolute Gasteiger partial charge is 0.0488 e. The quantitative estimate of drug-likeness (QED) is 0.798. The Morgan fingerprint density at radius 3 is 3.11 bits per heavy atom. The third-order valence-corrected chi connectivity index (χ3v) is 3.81. The Morgan fingerprint density at radius 1 is 1.56 bits per heavy atom. The maximum absolute atomic E-state index is 8.97. The second-order valence-electron chi connectivity index (χ2n) is 4.94. The summed E-state index contributed by atoms with van der Waals surface area (Å²) in [6, 6.07) is 4.90. The average Bonchev–Trinajstić information content (AvgIpc) is 2.87. The van der Waals surface area contributed by atoms with Gasteiger partial charge in [-0.2, -0.15) is 0 Å². The van der Waals surface area contributed by atoms with Crippen LogP contribution in [0.2, 0.25) is 0 Å². The molecule has 1 aromatic heterocycles. The molecule has 0 radical (unpaired) electrons. The first-order valence-electron chi connectivity index (χ1n) is 6.83. The third-order valence-electron chi connectivity index (χ3n) is 3.81. The van der Waals surface area contributed by atoms with Gasteiger partial charge in [-0.15, -0.1) is 0 Å². The van der Waals surface area contributed by atoms with Gasteiger partial charge in [0, 0.05) is 37.6 Å². The van der Waals surface area contributed by atoms with Gasteiger partial charge in [-0.3, -0.25) is 9.88 Å². The minimum absolute atomic E-state index is 0.268. The van der Waals surface area contributed by atoms with Crippen molar-refractivity contribution < 1.29 is 5.11 Å². The Morgan fingerprint density at radius 2 is 2.44 bits per heavy atom. The second-order valence-corrected chi connectivity index (χ2v) is 4.94. The Hall–Kier alpha value is -0.970. The monoisotopic (exact) mass is 249 g/mol. The summed E-state index contributed by atoms with van der Waals surface area (Å²) in [6.07, 6.45) is 8.10. The summed E-state index contributed by atoms with van der Waals surface area (Å²) in [5.41, 5.74) is 7.16. The lowest BCUT2D eigenvalue weighted by atomic mass is 10.0. The van der Waals surface area contributed by atoms with E-state index >= 15 is 0 Å². The maximum atomic E-state index is 8.97. The van der Waals surface area contributed by atoms with Crippen LogP contribution >= 0.6 is 0 Å². The zero-order valence-electron chi connectivity index (χ0n) is 10.8.